The van der Waals surface area contributed by atoms with Crippen LogP contribution in [0.25, 0.3) is 0 Å². The Balaban J connectivity index is 2.33. The summed E-state index contributed by atoms with van der Waals surface area (Å²) in [5.74, 6) is 0.0210. The highest BCUT2D eigenvalue weighted by atomic mass is 32.2. The molecule has 4 heteroatoms. The van der Waals surface area contributed by atoms with E-state index in [0.717, 1.165) is 22.3 Å². The second kappa shape index (κ2) is 5.77. The molecule has 106 valence electrons. The Labute approximate surface area is 120 Å². The van der Waals surface area contributed by atoms with E-state index in [1.54, 1.807) is 18.2 Å². The highest BCUT2D eigenvalue weighted by molar-refractivity contribution is 7.90. The standard InChI is InChI=1S/C16H19NO2S/c1-12-4-3-5-16(8-12)20(18,19)11-15-7-6-14(10-17)9-13(15)2/h3-9H,10-11,17H2,1-2H3. The Morgan fingerprint density at radius 2 is 1.80 bits per heavy atom. The quantitative estimate of drug-likeness (QED) is 0.941. The molecule has 20 heavy (non-hydrogen) atoms. The fourth-order valence-electron chi connectivity index (χ4n) is 2.14. The molecule has 2 rings (SSSR count). The van der Waals surface area contributed by atoms with E-state index in [9.17, 15) is 8.42 Å². The molecule has 0 unspecified atom stereocenters. The van der Waals surface area contributed by atoms with Crippen molar-refractivity contribution >= 4 is 9.84 Å². The molecule has 0 aliphatic heterocycles. The van der Waals surface area contributed by atoms with Gasteiger partial charge in [-0.3, -0.25) is 0 Å². The second-order valence-electron chi connectivity index (χ2n) is 5.04. The molecule has 2 aromatic carbocycles. The fraction of sp³-hybridized carbons (Fsp3) is 0.250. The molecule has 0 bridgehead atoms. The third-order valence-electron chi connectivity index (χ3n) is 3.34. The summed E-state index contributed by atoms with van der Waals surface area (Å²) in [5.41, 5.74) is 9.33. The molecular weight excluding hydrogens is 270 g/mol. The van der Waals surface area contributed by atoms with Crippen molar-refractivity contribution in [2.75, 3.05) is 0 Å². The summed E-state index contributed by atoms with van der Waals surface area (Å²) in [4.78, 5) is 0.375. The van der Waals surface area contributed by atoms with E-state index in [0.29, 0.717) is 11.4 Å². The molecule has 0 saturated carbocycles. The minimum Gasteiger partial charge on any atom is -0.326 e. The topological polar surface area (TPSA) is 60.2 Å². The monoisotopic (exact) mass is 289 g/mol. The summed E-state index contributed by atoms with van der Waals surface area (Å²) in [6.07, 6.45) is 0. The summed E-state index contributed by atoms with van der Waals surface area (Å²) in [6.45, 7) is 4.27. The van der Waals surface area contributed by atoms with Gasteiger partial charge in [0.2, 0.25) is 0 Å². The number of nitrogens with two attached hydrogens (primary N) is 1. The maximum Gasteiger partial charge on any atom is 0.182 e. The van der Waals surface area contributed by atoms with Crippen LogP contribution in [0.15, 0.2) is 47.4 Å². The molecule has 0 aromatic heterocycles. The van der Waals surface area contributed by atoms with Crippen LogP contribution in [-0.2, 0) is 22.1 Å². The molecule has 0 heterocycles. The van der Waals surface area contributed by atoms with Gasteiger partial charge in [-0.25, -0.2) is 8.42 Å². The van der Waals surface area contributed by atoms with Crippen molar-refractivity contribution in [2.24, 2.45) is 5.73 Å². The summed E-state index contributed by atoms with van der Waals surface area (Å²) in [6, 6.07) is 12.7. The molecular formula is C16H19NO2S. The Morgan fingerprint density at radius 1 is 1.05 bits per heavy atom. The van der Waals surface area contributed by atoms with Crippen LogP contribution in [-0.4, -0.2) is 8.42 Å². The zero-order chi connectivity index (χ0) is 14.8. The summed E-state index contributed by atoms with van der Waals surface area (Å²) in [7, 11) is -3.31. The Bertz CT molecular complexity index is 721. The maximum atomic E-state index is 12.4. The molecule has 2 aromatic rings. The summed E-state index contributed by atoms with van der Waals surface area (Å²) >= 11 is 0. The van der Waals surface area contributed by atoms with Gasteiger partial charge in [0, 0.05) is 6.54 Å². The number of rotatable bonds is 4. The zero-order valence-corrected chi connectivity index (χ0v) is 12.6. The minimum absolute atomic E-state index is 0.0210. The molecule has 0 radical (unpaired) electrons. The van der Waals surface area contributed by atoms with E-state index >= 15 is 0 Å². The SMILES string of the molecule is Cc1cccc(S(=O)(=O)Cc2ccc(CN)cc2C)c1. The fourth-order valence-corrected chi connectivity index (χ4v) is 3.70. The molecule has 0 aliphatic carbocycles. The second-order valence-corrected chi connectivity index (χ2v) is 7.03. The molecule has 0 saturated heterocycles. The van der Waals surface area contributed by atoms with Crippen LogP contribution in [0.2, 0.25) is 0 Å². The first-order valence-electron chi connectivity index (χ1n) is 6.50. The largest absolute Gasteiger partial charge is 0.326 e. The molecule has 3 nitrogen and oxygen atoms in total. The maximum absolute atomic E-state index is 12.4. The average Bonchev–Trinajstić information content (AvgIpc) is 2.41. The van der Waals surface area contributed by atoms with Crippen molar-refractivity contribution in [2.45, 2.75) is 31.0 Å². The smallest absolute Gasteiger partial charge is 0.182 e. The van der Waals surface area contributed by atoms with Gasteiger partial charge in [0.25, 0.3) is 0 Å². The molecule has 0 spiro atoms. The van der Waals surface area contributed by atoms with Crippen LogP contribution in [0.4, 0.5) is 0 Å². The van der Waals surface area contributed by atoms with Crippen molar-refractivity contribution in [3.8, 4) is 0 Å². The molecule has 0 fully saturated rings. The predicted molar refractivity (Wildman–Crippen MR) is 81.1 cm³/mol. The summed E-state index contributed by atoms with van der Waals surface area (Å²) in [5, 5.41) is 0. The van der Waals surface area contributed by atoms with Gasteiger partial charge in [0.05, 0.1) is 10.6 Å². The third kappa shape index (κ3) is 3.26. The molecule has 0 amide bonds. The number of hydrogen-bond acceptors (Lipinski definition) is 3. The Kier molecular flexibility index (Phi) is 4.26. The van der Waals surface area contributed by atoms with E-state index in [4.69, 9.17) is 5.73 Å². The van der Waals surface area contributed by atoms with Gasteiger partial charge in [-0.15, -0.1) is 0 Å². The van der Waals surface area contributed by atoms with Gasteiger partial charge in [-0.1, -0.05) is 30.3 Å². The van der Waals surface area contributed by atoms with Crippen LogP contribution in [0.5, 0.6) is 0 Å². The predicted octanol–water partition coefficient (Wildman–Crippen LogP) is 2.74. The van der Waals surface area contributed by atoms with Gasteiger partial charge < -0.3 is 5.73 Å². The molecule has 2 N–H and O–H groups in total. The van der Waals surface area contributed by atoms with Gasteiger partial charge in [-0.2, -0.15) is 0 Å². The van der Waals surface area contributed by atoms with E-state index in [-0.39, 0.29) is 5.75 Å². The lowest BCUT2D eigenvalue weighted by molar-refractivity contribution is 0.595. The van der Waals surface area contributed by atoms with Gasteiger partial charge in [-0.05, 0) is 48.2 Å². The lowest BCUT2D eigenvalue weighted by atomic mass is 10.1. The van der Waals surface area contributed by atoms with Crippen molar-refractivity contribution in [1.82, 2.24) is 0 Å². The highest BCUT2D eigenvalue weighted by Gasteiger charge is 2.16. The van der Waals surface area contributed by atoms with E-state index in [1.807, 2.05) is 38.1 Å². The molecule has 0 aliphatic rings. The van der Waals surface area contributed by atoms with Crippen LogP contribution in [0.1, 0.15) is 22.3 Å². The van der Waals surface area contributed by atoms with Gasteiger partial charge >= 0.3 is 0 Å². The summed E-state index contributed by atoms with van der Waals surface area (Å²) < 4.78 is 24.9. The molecule has 0 atom stereocenters. The van der Waals surface area contributed by atoms with Crippen LogP contribution in [0, 0.1) is 13.8 Å². The third-order valence-corrected chi connectivity index (χ3v) is 5.00. The number of hydrogen-bond donors (Lipinski definition) is 1. The van der Waals surface area contributed by atoms with Crippen molar-refractivity contribution in [1.29, 1.82) is 0 Å². The first-order valence-corrected chi connectivity index (χ1v) is 8.15. The first kappa shape index (κ1) is 14.8. The Morgan fingerprint density at radius 3 is 2.40 bits per heavy atom. The van der Waals surface area contributed by atoms with Gasteiger partial charge in [0.15, 0.2) is 9.84 Å². The van der Waals surface area contributed by atoms with E-state index in [1.165, 1.54) is 0 Å². The van der Waals surface area contributed by atoms with Crippen molar-refractivity contribution in [3.63, 3.8) is 0 Å². The normalized spacial score (nSPS) is 11.6. The highest BCUT2D eigenvalue weighted by Crippen LogP contribution is 2.20. The van der Waals surface area contributed by atoms with Crippen molar-refractivity contribution in [3.05, 3.63) is 64.7 Å². The minimum atomic E-state index is -3.31. The van der Waals surface area contributed by atoms with E-state index < -0.39 is 9.84 Å². The number of benzene rings is 2. The van der Waals surface area contributed by atoms with E-state index in [2.05, 4.69) is 0 Å². The number of sulfone groups is 1. The zero-order valence-electron chi connectivity index (χ0n) is 11.8. The van der Waals surface area contributed by atoms with Crippen molar-refractivity contribution < 1.29 is 8.42 Å². The van der Waals surface area contributed by atoms with Crippen LogP contribution in [0.3, 0.4) is 0 Å². The first-order chi connectivity index (χ1) is 9.42. The average molecular weight is 289 g/mol. The lowest BCUT2D eigenvalue weighted by Crippen LogP contribution is -2.07. The Hall–Kier alpha value is -1.65. The van der Waals surface area contributed by atoms with Crippen LogP contribution < -0.4 is 5.73 Å². The lowest BCUT2D eigenvalue weighted by Gasteiger charge is -2.09. The number of aryl methyl sites for hydroxylation is 2. The van der Waals surface area contributed by atoms with Gasteiger partial charge in [0.1, 0.15) is 0 Å². The van der Waals surface area contributed by atoms with Crippen LogP contribution >= 0.6 is 0 Å².